The van der Waals surface area contributed by atoms with Crippen molar-refractivity contribution < 1.29 is 4.79 Å². The molecule has 0 spiro atoms. The number of aryl methyl sites for hydroxylation is 1. The van der Waals surface area contributed by atoms with Gasteiger partial charge in [0.2, 0.25) is 0 Å². The van der Waals surface area contributed by atoms with E-state index in [9.17, 15) is 4.79 Å². The number of benzene rings is 1. The molecule has 1 N–H and O–H groups in total. The molecule has 1 aromatic carbocycles. The van der Waals surface area contributed by atoms with E-state index in [1.54, 1.807) is 48.9 Å². The lowest BCUT2D eigenvalue weighted by atomic mass is 10.1. The Balaban J connectivity index is 1.75. The third-order valence-electron chi connectivity index (χ3n) is 4.86. The van der Waals surface area contributed by atoms with Gasteiger partial charge in [0.05, 0.1) is 24.2 Å². The number of amides is 1. The van der Waals surface area contributed by atoms with Crippen LogP contribution in [0, 0.1) is 6.92 Å². The van der Waals surface area contributed by atoms with Gasteiger partial charge in [0, 0.05) is 41.8 Å². The summed E-state index contributed by atoms with van der Waals surface area (Å²) in [7, 11) is 1.75. The molecule has 1 amide bonds. The number of hydrogen-bond acceptors (Lipinski definition) is 5. The second-order valence-corrected chi connectivity index (χ2v) is 7.19. The average Bonchev–Trinajstić information content (AvgIpc) is 3.37. The molecule has 0 aliphatic heterocycles. The highest BCUT2D eigenvalue weighted by molar-refractivity contribution is 6.31. The van der Waals surface area contributed by atoms with Gasteiger partial charge in [-0.05, 0) is 32.0 Å². The van der Waals surface area contributed by atoms with Crippen LogP contribution in [0.15, 0.2) is 36.9 Å². The van der Waals surface area contributed by atoms with E-state index in [2.05, 4.69) is 25.0 Å². The summed E-state index contributed by atoms with van der Waals surface area (Å²) in [6.45, 7) is 5.24. The fourth-order valence-electron chi connectivity index (χ4n) is 3.23. The first-order chi connectivity index (χ1) is 14.0. The van der Waals surface area contributed by atoms with E-state index in [0.717, 1.165) is 17.8 Å². The average molecular weight is 410 g/mol. The summed E-state index contributed by atoms with van der Waals surface area (Å²) in [5.41, 5.74) is 3.61. The summed E-state index contributed by atoms with van der Waals surface area (Å²) in [5, 5.41) is 5.48. The standard InChI is InChI=1S/C20H20ClN7O/c1-4-28-12(2)13(8-24-28)10-27(3)20(29)18-15-7-14(21)5-6-16(15)25-19(26-18)17-9-22-11-23-17/h5-9,11H,4,10H2,1-3H3,(H,22,23). The number of rotatable bonds is 5. The molecular weight excluding hydrogens is 390 g/mol. The van der Waals surface area contributed by atoms with E-state index < -0.39 is 0 Å². The summed E-state index contributed by atoms with van der Waals surface area (Å²) in [6, 6.07) is 5.24. The van der Waals surface area contributed by atoms with Gasteiger partial charge in [-0.2, -0.15) is 5.10 Å². The number of carbonyl (C=O) groups is 1. The molecule has 4 aromatic rings. The second kappa shape index (κ2) is 7.63. The Morgan fingerprint density at radius 2 is 2.10 bits per heavy atom. The van der Waals surface area contributed by atoms with Gasteiger partial charge in [-0.25, -0.2) is 15.0 Å². The van der Waals surface area contributed by atoms with E-state index in [1.165, 1.54) is 0 Å². The van der Waals surface area contributed by atoms with Gasteiger partial charge in [0.15, 0.2) is 5.82 Å². The van der Waals surface area contributed by atoms with Crippen molar-refractivity contribution in [2.24, 2.45) is 0 Å². The molecular formula is C20H20ClN7O. The maximum Gasteiger partial charge on any atom is 0.273 e. The topological polar surface area (TPSA) is 92.6 Å². The molecule has 0 aliphatic carbocycles. The Kier molecular flexibility index (Phi) is 5.02. The smallest absolute Gasteiger partial charge is 0.273 e. The van der Waals surface area contributed by atoms with Crippen LogP contribution in [0.2, 0.25) is 5.02 Å². The SMILES string of the molecule is CCn1ncc(CN(C)C(=O)c2nc(-c3cnc[nH]3)nc3ccc(Cl)cc23)c1C. The Morgan fingerprint density at radius 1 is 1.28 bits per heavy atom. The first-order valence-corrected chi connectivity index (χ1v) is 9.58. The van der Waals surface area contributed by atoms with Gasteiger partial charge in [-0.15, -0.1) is 0 Å². The number of carbonyl (C=O) groups excluding carboxylic acids is 1. The van der Waals surface area contributed by atoms with Crippen LogP contribution in [0.3, 0.4) is 0 Å². The summed E-state index contributed by atoms with van der Waals surface area (Å²) < 4.78 is 1.91. The highest BCUT2D eigenvalue weighted by Crippen LogP contribution is 2.25. The molecule has 148 valence electrons. The minimum absolute atomic E-state index is 0.218. The number of fused-ring (bicyclic) bond motifs is 1. The van der Waals surface area contributed by atoms with Crippen LogP contribution in [-0.4, -0.2) is 47.6 Å². The zero-order valence-electron chi connectivity index (χ0n) is 16.3. The Morgan fingerprint density at radius 3 is 2.79 bits per heavy atom. The minimum atomic E-state index is -0.218. The van der Waals surface area contributed by atoms with Crippen LogP contribution in [-0.2, 0) is 13.1 Å². The first-order valence-electron chi connectivity index (χ1n) is 9.20. The van der Waals surface area contributed by atoms with Crippen molar-refractivity contribution in [3.05, 3.63) is 58.9 Å². The molecule has 0 radical (unpaired) electrons. The number of H-pyrrole nitrogens is 1. The molecule has 0 unspecified atom stereocenters. The van der Waals surface area contributed by atoms with Crippen molar-refractivity contribution in [2.45, 2.75) is 26.9 Å². The molecule has 0 bridgehead atoms. The molecule has 29 heavy (non-hydrogen) atoms. The Bertz CT molecular complexity index is 1180. The van der Waals surface area contributed by atoms with Gasteiger partial charge >= 0.3 is 0 Å². The van der Waals surface area contributed by atoms with E-state index in [1.807, 2.05) is 18.5 Å². The molecule has 3 heterocycles. The fraction of sp³-hybridized carbons (Fsp3) is 0.250. The highest BCUT2D eigenvalue weighted by atomic mass is 35.5. The molecule has 9 heteroatoms. The fourth-order valence-corrected chi connectivity index (χ4v) is 3.40. The molecule has 4 rings (SSSR count). The number of imidazole rings is 1. The predicted octanol–water partition coefficient (Wildman–Crippen LogP) is 3.47. The minimum Gasteiger partial charge on any atom is -0.342 e. The van der Waals surface area contributed by atoms with Crippen LogP contribution < -0.4 is 0 Å². The summed E-state index contributed by atoms with van der Waals surface area (Å²) in [6.07, 6.45) is 4.97. The van der Waals surface area contributed by atoms with Crippen molar-refractivity contribution in [3.63, 3.8) is 0 Å². The third kappa shape index (κ3) is 3.58. The molecule has 0 aliphatic rings. The number of aromatic nitrogens is 6. The van der Waals surface area contributed by atoms with Crippen molar-refractivity contribution in [1.82, 2.24) is 34.6 Å². The number of nitrogens with one attached hydrogen (secondary N) is 1. The monoisotopic (exact) mass is 409 g/mol. The number of aromatic amines is 1. The van der Waals surface area contributed by atoms with Crippen LogP contribution in [0.5, 0.6) is 0 Å². The summed E-state index contributed by atoms with van der Waals surface area (Å²) in [4.78, 5) is 31.0. The van der Waals surface area contributed by atoms with Crippen LogP contribution in [0.25, 0.3) is 22.4 Å². The highest BCUT2D eigenvalue weighted by Gasteiger charge is 2.21. The van der Waals surface area contributed by atoms with Crippen molar-refractivity contribution in [1.29, 1.82) is 0 Å². The van der Waals surface area contributed by atoms with Gasteiger partial charge in [-0.3, -0.25) is 9.48 Å². The number of hydrogen-bond donors (Lipinski definition) is 1. The van der Waals surface area contributed by atoms with Crippen LogP contribution in [0.4, 0.5) is 0 Å². The maximum absolute atomic E-state index is 13.3. The second-order valence-electron chi connectivity index (χ2n) is 6.75. The van der Waals surface area contributed by atoms with Gasteiger partial charge in [-0.1, -0.05) is 11.6 Å². The number of nitrogens with zero attached hydrogens (tertiary/aromatic N) is 6. The summed E-state index contributed by atoms with van der Waals surface area (Å²) >= 11 is 6.18. The molecule has 0 fully saturated rings. The first kappa shape index (κ1) is 19.1. The number of halogens is 1. The lowest BCUT2D eigenvalue weighted by Gasteiger charge is -2.18. The Labute approximate surface area is 172 Å². The maximum atomic E-state index is 13.3. The molecule has 0 saturated carbocycles. The van der Waals surface area contributed by atoms with E-state index >= 15 is 0 Å². The summed E-state index contributed by atoms with van der Waals surface area (Å²) in [5.74, 6) is 0.188. The molecule has 8 nitrogen and oxygen atoms in total. The molecule has 0 saturated heterocycles. The lowest BCUT2D eigenvalue weighted by molar-refractivity contribution is 0.0781. The zero-order valence-corrected chi connectivity index (χ0v) is 17.1. The Hall–Kier alpha value is -3.26. The molecule has 0 atom stereocenters. The van der Waals surface area contributed by atoms with Crippen molar-refractivity contribution in [2.75, 3.05) is 7.05 Å². The normalized spacial score (nSPS) is 11.2. The van der Waals surface area contributed by atoms with Crippen LogP contribution in [0.1, 0.15) is 28.7 Å². The van der Waals surface area contributed by atoms with Crippen molar-refractivity contribution >= 4 is 28.4 Å². The largest absolute Gasteiger partial charge is 0.342 e. The predicted molar refractivity (Wildman–Crippen MR) is 111 cm³/mol. The zero-order chi connectivity index (χ0) is 20.5. The van der Waals surface area contributed by atoms with E-state index in [0.29, 0.717) is 39.7 Å². The van der Waals surface area contributed by atoms with Crippen LogP contribution >= 0.6 is 11.6 Å². The van der Waals surface area contributed by atoms with Gasteiger partial charge in [0.1, 0.15) is 11.4 Å². The molecule has 3 aromatic heterocycles. The van der Waals surface area contributed by atoms with E-state index in [-0.39, 0.29) is 5.91 Å². The lowest BCUT2D eigenvalue weighted by Crippen LogP contribution is -2.27. The van der Waals surface area contributed by atoms with Gasteiger partial charge < -0.3 is 9.88 Å². The van der Waals surface area contributed by atoms with Crippen molar-refractivity contribution in [3.8, 4) is 11.5 Å². The van der Waals surface area contributed by atoms with E-state index in [4.69, 9.17) is 11.6 Å². The quantitative estimate of drug-likeness (QED) is 0.544. The third-order valence-corrected chi connectivity index (χ3v) is 5.09. The van der Waals surface area contributed by atoms with Gasteiger partial charge in [0.25, 0.3) is 5.91 Å².